The van der Waals surface area contributed by atoms with Crippen LogP contribution in [0.15, 0.2) is 18.2 Å². The number of carbonyl (C=O) groups excluding carboxylic acids is 2. The minimum Gasteiger partial charge on any atom is -0.318 e. The monoisotopic (exact) mass is 287 g/mol. The largest absolute Gasteiger partial charge is 0.318 e. The van der Waals surface area contributed by atoms with E-state index in [-0.39, 0.29) is 0 Å². The van der Waals surface area contributed by atoms with E-state index < -0.39 is 11.7 Å². The Morgan fingerprint density at radius 2 is 1.57 bits per heavy atom. The van der Waals surface area contributed by atoms with Gasteiger partial charge in [0.1, 0.15) is 0 Å². The molecule has 0 atom stereocenters. The number of fused-ring (bicyclic) bond motifs is 1. The molecule has 1 N–H and O–H groups in total. The number of amides is 1. The average Bonchev–Trinajstić information content (AvgIpc) is 2.77. The van der Waals surface area contributed by atoms with Gasteiger partial charge in [-0.3, -0.25) is 9.59 Å². The van der Waals surface area contributed by atoms with Crippen LogP contribution in [0.1, 0.15) is 74.2 Å². The normalized spacial score (nSPS) is 13.4. The summed E-state index contributed by atoms with van der Waals surface area (Å²) in [4.78, 5) is 22.9. The molecule has 3 nitrogen and oxygen atoms in total. The Hall–Kier alpha value is -1.64. The Morgan fingerprint density at radius 3 is 2.29 bits per heavy atom. The summed E-state index contributed by atoms with van der Waals surface area (Å²) in [6, 6.07) is 5.73. The molecule has 1 aromatic carbocycles. The maximum Gasteiger partial charge on any atom is 0.296 e. The minimum atomic E-state index is -0.505. The fraction of sp³-hybridized carbons (Fsp3) is 0.556. The van der Waals surface area contributed by atoms with E-state index in [9.17, 15) is 9.59 Å². The Labute approximate surface area is 127 Å². The molecule has 0 aromatic heterocycles. The van der Waals surface area contributed by atoms with Gasteiger partial charge in [-0.05, 0) is 30.5 Å². The van der Waals surface area contributed by atoms with Crippen molar-refractivity contribution in [2.75, 3.05) is 5.32 Å². The van der Waals surface area contributed by atoms with E-state index in [0.29, 0.717) is 11.3 Å². The molecule has 21 heavy (non-hydrogen) atoms. The van der Waals surface area contributed by atoms with Crippen LogP contribution in [0.4, 0.5) is 5.69 Å². The molecule has 0 aliphatic carbocycles. The van der Waals surface area contributed by atoms with Crippen molar-refractivity contribution in [3.8, 4) is 0 Å². The zero-order chi connectivity index (χ0) is 15.1. The molecule has 1 aliphatic rings. The van der Waals surface area contributed by atoms with E-state index in [1.54, 1.807) is 0 Å². The van der Waals surface area contributed by atoms with Crippen molar-refractivity contribution in [3.63, 3.8) is 0 Å². The Morgan fingerprint density at radius 1 is 0.905 bits per heavy atom. The summed E-state index contributed by atoms with van der Waals surface area (Å²) >= 11 is 0. The lowest BCUT2D eigenvalue weighted by atomic mass is 10.0. The summed E-state index contributed by atoms with van der Waals surface area (Å²) in [5, 5.41) is 2.59. The summed E-state index contributed by atoms with van der Waals surface area (Å²) in [5.74, 6) is -0.906. The topological polar surface area (TPSA) is 46.2 Å². The third-order valence-corrected chi connectivity index (χ3v) is 4.10. The molecule has 1 aromatic rings. The second-order valence-electron chi connectivity index (χ2n) is 5.89. The number of nitrogens with one attached hydrogen (secondary N) is 1. The maximum absolute atomic E-state index is 11.6. The van der Waals surface area contributed by atoms with Gasteiger partial charge in [0, 0.05) is 0 Å². The van der Waals surface area contributed by atoms with Crippen molar-refractivity contribution in [1.82, 2.24) is 0 Å². The Balaban J connectivity index is 1.68. The lowest BCUT2D eigenvalue weighted by molar-refractivity contribution is -0.112. The van der Waals surface area contributed by atoms with Gasteiger partial charge >= 0.3 is 0 Å². The predicted molar refractivity (Wildman–Crippen MR) is 85.7 cm³/mol. The Kier molecular flexibility index (Phi) is 5.97. The SMILES string of the molecule is CCCCCCCCCCc1ccc2c(c1)C(=O)C(=O)N2. The highest BCUT2D eigenvalue weighted by Crippen LogP contribution is 2.24. The van der Waals surface area contributed by atoms with E-state index >= 15 is 0 Å². The fourth-order valence-electron chi connectivity index (χ4n) is 2.81. The number of Topliss-reactive ketones (excluding diaryl/α,β-unsaturated/α-hetero) is 1. The van der Waals surface area contributed by atoms with E-state index in [2.05, 4.69) is 12.2 Å². The molecular weight excluding hydrogens is 262 g/mol. The molecule has 1 heterocycles. The van der Waals surface area contributed by atoms with E-state index in [0.717, 1.165) is 18.4 Å². The number of anilines is 1. The first-order valence-electron chi connectivity index (χ1n) is 8.21. The van der Waals surface area contributed by atoms with Gasteiger partial charge in [0.2, 0.25) is 0 Å². The summed E-state index contributed by atoms with van der Waals surface area (Å²) in [6.07, 6.45) is 11.4. The predicted octanol–water partition coefficient (Wildman–Crippen LogP) is 4.50. The average molecular weight is 287 g/mol. The van der Waals surface area contributed by atoms with Gasteiger partial charge in [0.15, 0.2) is 0 Å². The molecule has 2 rings (SSSR count). The van der Waals surface area contributed by atoms with Gasteiger partial charge in [-0.25, -0.2) is 0 Å². The minimum absolute atomic E-state index is 0.400. The molecule has 0 unspecified atom stereocenters. The van der Waals surface area contributed by atoms with Crippen LogP contribution in [0.25, 0.3) is 0 Å². The third-order valence-electron chi connectivity index (χ3n) is 4.10. The van der Waals surface area contributed by atoms with Crippen molar-refractivity contribution in [2.45, 2.75) is 64.7 Å². The molecule has 1 amide bonds. The van der Waals surface area contributed by atoms with Crippen LogP contribution in [0, 0.1) is 0 Å². The fourth-order valence-corrected chi connectivity index (χ4v) is 2.81. The molecule has 0 saturated carbocycles. The van der Waals surface area contributed by atoms with Crippen LogP contribution in [0.5, 0.6) is 0 Å². The van der Waals surface area contributed by atoms with Crippen molar-refractivity contribution < 1.29 is 9.59 Å². The molecule has 0 radical (unpaired) electrons. The van der Waals surface area contributed by atoms with Gasteiger partial charge < -0.3 is 5.32 Å². The number of ketones is 1. The maximum atomic E-state index is 11.6. The highest BCUT2D eigenvalue weighted by molar-refractivity contribution is 6.51. The van der Waals surface area contributed by atoms with Crippen molar-refractivity contribution in [1.29, 1.82) is 0 Å². The van der Waals surface area contributed by atoms with Crippen LogP contribution in [-0.2, 0) is 11.2 Å². The number of aryl methyl sites for hydroxylation is 1. The van der Waals surface area contributed by atoms with E-state index in [1.807, 2.05) is 18.2 Å². The summed E-state index contributed by atoms with van der Waals surface area (Å²) < 4.78 is 0. The third kappa shape index (κ3) is 4.42. The van der Waals surface area contributed by atoms with Crippen LogP contribution in [0.3, 0.4) is 0 Å². The summed E-state index contributed by atoms with van der Waals surface area (Å²) in [5.41, 5.74) is 2.35. The molecular formula is C18H25NO2. The smallest absolute Gasteiger partial charge is 0.296 e. The highest BCUT2D eigenvalue weighted by Gasteiger charge is 2.27. The molecule has 0 fully saturated rings. The van der Waals surface area contributed by atoms with Crippen molar-refractivity contribution in [2.24, 2.45) is 0 Å². The second-order valence-corrected chi connectivity index (χ2v) is 5.89. The van der Waals surface area contributed by atoms with E-state index in [4.69, 9.17) is 0 Å². The number of unbranched alkanes of at least 4 members (excludes halogenated alkanes) is 7. The Bertz CT molecular complexity index is 508. The second kappa shape index (κ2) is 7.96. The van der Waals surface area contributed by atoms with Crippen LogP contribution in [-0.4, -0.2) is 11.7 Å². The van der Waals surface area contributed by atoms with Crippen LogP contribution < -0.4 is 5.32 Å². The molecule has 0 spiro atoms. The van der Waals surface area contributed by atoms with Crippen molar-refractivity contribution in [3.05, 3.63) is 29.3 Å². The van der Waals surface area contributed by atoms with Gasteiger partial charge in [0.05, 0.1) is 11.3 Å². The van der Waals surface area contributed by atoms with Crippen LogP contribution >= 0.6 is 0 Å². The first-order chi connectivity index (χ1) is 10.2. The molecule has 0 bridgehead atoms. The number of rotatable bonds is 9. The lowest BCUT2D eigenvalue weighted by Gasteiger charge is -2.04. The number of hydrogen-bond donors (Lipinski definition) is 1. The zero-order valence-corrected chi connectivity index (χ0v) is 12.9. The molecule has 3 heteroatoms. The quantitative estimate of drug-likeness (QED) is 0.536. The molecule has 114 valence electrons. The summed E-state index contributed by atoms with van der Waals surface area (Å²) in [7, 11) is 0. The zero-order valence-electron chi connectivity index (χ0n) is 12.9. The standard InChI is InChI=1S/C18H25NO2/c1-2-3-4-5-6-7-8-9-10-14-11-12-16-15(13-14)17(20)18(21)19-16/h11-13H,2-10H2,1H3,(H,19,20,21). The molecule has 0 saturated heterocycles. The van der Waals surface area contributed by atoms with Gasteiger partial charge in [-0.2, -0.15) is 0 Å². The molecule has 1 aliphatic heterocycles. The number of benzene rings is 1. The highest BCUT2D eigenvalue weighted by atomic mass is 16.2. The number of hydrogen-bond acceptors (Lipinski definition) is 2. The first kappa shape index (κ1) is 15.7. The van der Waals surface area contributed by atoms with Crippen molar-refractivity contribution >= 4 is 17.4 Å². The van der Waals surface area contributed by atoms with Gasteiger partial charge in [-0.15, -0.1) is 0 Å². The van der Waals surface area contributed by atoms with E-state index in [1.165, 1.54) is 44.9 Å². The number of carbonyl (C=O) groups is 2. The summed E-state index contributed by atoms with van der Waals surface area (Å²) in [6.45, 7) is 2.24. The van der Waals surface area contributed by atoms with Gasteiger partial charge in [-0.1, -0.05) is 57.9 Å². The lowest BCUT2D eigenvalue weighted by Crippen LogP contribution is -2.12. The van der Waals surface area contributed by atoms with Gasteiger partial charge in [0.25, 0.3) is 11.7 Å². The van der Waals surface area contributed by atoms with Crippen LogP contribution in [0.2, 0.25) is 0 Å². The first-order valence-corrected chi connectivity index (χ1v) is 8.21.